The van der Waals surface area contributed by atoms with Gasteiger partial charge >= 0.3 is 0 Å². The van der Waals surface area contributed by atoms with Crippen LogP contribution in [0, 0.1) is 0 Å². The summed E-state index contributed by atoms with van der Waals surface area (Å²) < 4.78 is 12.2. The van der Waals surface area contributed by atoms with Crippen LogP contribution in [-0.4, -0.2) is 17.5 Å². The molecule has 1 fully saturated rings. The molecule has 0 bridgehead atoms. The van der Waals surface area contributed by atoms with Crippen molar-refractivity contribution in [3.05, 3.63) is 0 Å². The molecule has 1 atom stereocenters. The zero-order valence-corrected chi connectivity index (χ0v) is 8.95. The molecule has 0 aromatic rings. The van der Waals surface area contributed by atoms with Gasteiger partial charge in [0.15, 0.2) is 0 Å². The van der Waals surface area contributed by atoms with E-state index in [1.807, 2.05) is 6.66 Å². The fourth-order valence-corrected chi connectivity index (χ4v) is 3.87. The van der Waals surface area contributed by atoms with Crippen LogP contribution in [0.3, 0.4) is 0 Å². The van der Waals surface area contributed by atoms with Gasteiger partial charge in [0.05, 0.1) is 7.14 Å². The molecule has 0 saturated heterocycles. The molecule has 0 aromatic carbocycles. The van der Waals surface area contributed by atoms with Crippen LogP contribution >= 0.6 is 7.14 Å². The van der Waals surface area contributed by atoms with Gasteiger partial charge in [-0.3, -0.25) is 0 Å². The first-order valence-corrected chi connectivity index (χ1v) is 6.65. The largest absolute Gasteiger partial charge is 0.323 e. The van der Waals surface area contributed by atoms with Gasteiger partial charge in [0.25, 0.3) is 0 Å². The van der Waals surface area contributed by atoms with Crippen LogP contribution in [0.1, 0.15) is 40.0 Å². The molecule has 1 aliphatic rings. The summed E-state index contributed by atoms with van der Waals surface area (Å²) in [6.07, 6.45) is 3.69. The Labute approximate surface area is 69.9 Å². The molecular formula is C9H19OP. The maximum Gasteiger partial charge on any atom is 0.0927 e. The highest BCUT2D eigenvalue weighted by Gasteiger charge is 2.41. The minimum absolute atomic E-state index is 0.0259. The molecule has 0 aromatic heterocycles. The fraction of sp³-hybridized carbons (Fsp3) is 1.00. The Bertz CT molecular complexity index is 186. The van der Waals surface area contributed by atoms with Crippen molar-refractivity contribution in [2.45, 2.75) is 50.8 Å². The monoisotopic (exact) mass is 174 g/mol. The second-order valence-electron chi connectivity index (χ2n) is 4.75. The van der Waals surface area contributed by atoms with Crippen LogP contribution in [0.5, 0.6) is 0 Å². The van der Waals surface area contributed by atoms with E-state index in [0.717, 1.165) is 0 Å². The quantitative estimate of drug-likeness (QED) is 0.557. The molecular weight excluding hydrogens is 155 g/mol. The average molecular weight is 174 g/mol. The van der Waals surface area contributed by atoms with Crippen LogP contribution in [0.4, 0.5) is 0 Å². The van der Waals surface area contributed by atoms with Crippen molar-refractivity contribution in [1.82, 2.24) is 0 Å². The van der Waals surface area contributed by atoms with Crippen molar-refractivity contribution in [2.24, 2.45) is 0 Å². The van der Waals surface area contributed by atoms with Gasteiger partial charge in [-0.05, 0) is 19.5 Å². The summed E-state index contributed by atoms with van der Waals surface area (Å²) >= 11 is 0. The third-order valence-corrected chi connectivity index (χ3v) is 7.68. The van der Waals surface area contributed by atoms with E-state index in [1.165, 1.54) is 19.3 Å². The molecule has 1 aliphatic carbocycles. The van der Waals surface area contributed by atoms with E-state index in [2.05, 4.69) is 20.8 Å². The lowest BCUT2D eigenvalue weighted by Crippen LogP contribution is -2.28. The van der Waals surface area contributed by atoms with E-state index in [9.17, 15) is 4.57 Å². The van der Waals surface area contributed by atoms with Gasteiger partial charge < -0.3 is 4.57 Å². The lowest BCUT2D eigenvalue weighted by Gasteiger charge is -2.39. The minimum atomic E-state index is -1.88. The Morgan fingerprint density at radius 1 is 1.27 bits per heavy atom. The van der Waals surface area contributed by atoms with E-state index in [4.69, 9.17) is 0 Å². The van der Waals surface area contributed by atoms with Gasteiger partial charge in [-0.1, -0.05) is 27.2 Å². The van der Waals surface area contributed by atoms with Gasteiger partial charge in [-0.25, -0.2) is 0 Å². The highest BCUT2D eigenvalue weighted by molar-refractivity contribution is 7.65. The van der Waals surface area contributed by atoms with Crippen molar-refractivity contribution < 1.29 is 4.57 Å². The topological polar surface area (TPSA) is 17.1 Å². The Hall–Kier alpha value is 0.230. The smallest absolute Gasteiger partial charge is 0.0927 e. The number of hydrogen-bond donors (Lipinski definition) is 0. The molecule has 0 aliphatic heterocycles. The van der Waals surface area contributed by atoms with Crippen molar-refractivity contribution in [3.63, 3.8) is 0 Å². The molecule has 0 radical (unpaired) electrons. The summed E-state index contributed by atoms with van der Waals surface area (Å²) in [5.74, 6) is 0. The van der Waals surface area contributed by atoms with Gasteiger partial charge in [0, 0.05) is 10.8 Å². The number of rotatable bonds is 1. The Morgan fingerprint density at radius 3 is 1.82 bits per heavy atom. The van der Waals surface area contributed by atoms with Gasteiger partial charge in [-0.15, -0.1) is 0 Å². The molecule has 0 spiro atoms. The lowest BCUT2D eigenvalue weighted by atomic mass is 10.00. The maximum absolute atomic E-state index is 12.2. The standard InChI is InChI=1S/C9H19OP/c1-9(2,3)11(4,10)8-6-5-7-8/h8H,5-7H2,1-4H3. The first-order chi connectivity index (χ1) is 4.86. The first-order valence-electron chi connectivity index (χ1n) is 4.43. The van der Waals surface area contributed by atoms with Gasteiger partial charge in [0.1, 0.15) is 0 Å². The molecule has 66 valence electrons. The summed E-state index contributed by atoms with van der Waals surface area (Å²) in [4.78, 5) is 0. The van der Waals surface area contributed by atoms with Crippen molar-refractivity contribution in [3.8, 4) is 0 Å². The van der Waals surface area contributed by atoms with Crippen LogP contribution in [0.25, 0.3) is 0 Å². The fourth-order valence-electron chi connectivity index (χ4n) is 1.43. The van der Waals surface area contributed by atoms with Crippen LogP contribution in [0.15, 0.2) is 0 Å². The van der Waals surface area contributed by atoms with Gasteiger partial charge in [-0.2, -0.15) is 0 Å². The SMILES string of the molecule is CC(C)(C)P(C)(=O)C1CCC1. The van der Waals surface area contributed by atoms with Crippen molar-refractivity contribution in [2.75, 3.05) is 6.66 Å². The Kier molecular flexibility index (Phi) is 2.22. The normalized spacial score (nSPS) is 25.8. The molecule has 1 nitrogen and oxygen atoms in total. The molecule has 0 N–H and O–H groups in total. The number of hydrogen-bond acceptors (Lipinski definition) is 1. The molecule has 1 rings (SSSR count). The van der Waals surface area contributed by atoms with E-state index in [-0.39, 0.29) is 5.16 Å². The zero-order chi connectivity index (χ0) is 8.70. The second kappa shape index (κ2) is 2.62. The van der Waals surface area contributed by atoms with Gasteiger partial charge in [0.2, 0.25) is 0 Å². The average Bonchev–Trinajstić information content (AvgIpc) is 1.53. The molecule has 2 heteroatoms. The van der Waals surface area contributed by atoms with E-state index in [1.54, 1.807) is 0 Å². The molecule has 11 heavy (non-hydrogen) atoms. The molecule has 1 unspecified atom stereocenters. The van der Waals surface area contributed by atoms with Crippen LogP contribution < -0.4 is 0 Å². The van der Waals surface area contributed by atoms with Crippen molar-refractivity contribution in [1.29, 1.82) is 0 Å². The van der Waals surface area contributed by atoms with Crippen LogP contribution in [-0.2, 0) is 4.57 Å². The Balaban J connectivity index is 2.73. The highest BCUT2D eigenvalue weighted by atomic mass is 31.2. The van der Waals surface area contributed by atoms with E-state index in [0.29, 0.717) is 5.66 Å². The molecule has 0 amide bonds. The maximum atomic E-state index is 12.2. The third kappa shape index (κ3) is 1.54. The summed E-state index contributed by atoms with van der Waals surface area (Å²) in [7, 11) is -1.88. The Morgan fingerprint density at radius 2 is 1.73 bits per heavy atom. The van der Waals surface area contributed by atoms with Crippen LogP contribution in [0.2, 0.25) is 0 Å². The molecule has 1 saturated carbocycles. The third-order valence-electron chi connectivity index (χ3n) is 3.10. The first kappa shape index (κ1) is 9.32. The summed E-state index contributed by atoms with van der Waals surface area (Å²) in [5.41, 5.74) is 0.544. The summed E-state index contributed by atoms with van der Waals surface area (Å²) in [6, 6.07) is 0. The predicted molar refractivity (Wildman–Crippen MR) is 50.9 cm³/mol. The summed E-state index contributed by atoms with van der Waals surface area (Å²) in [5, 5.41) is 0.0259. The molecule has 0 heterocycles. The van der Waals surface area contributed by atoms with Crippen molar-refractivity contribution >= 4 is 7.14 Å². The van der Waals surface area contributed by atoms with E-state index < -0.39 is 7.14 Å². The minimum Gasteiger partial charge on any atom is -0.323 e. The predicted octanol–water partition coefficient (Wildman–Crippen LogP) is 3.33. The zero-order valence-electron chi connectivity index (χ0n) is 8.05. The second-order valence-corrected chi connectivity index (χ2v) is 8.80. The highest BCUT2D eigenvalue weighted by Crippen LogP contribution is 2.63. The summed E-state index contributed by atoms with van der Waals surface area (Å²) in [6.45, 7) is 8.29. The van der Waals surface area contributed by atoms with E-state index >= 15 is 0 Å². The lowest BCUT2D eigenvalue weighted by molar-refractivity contribution is 0.461.